The van der Waals surface area contributed by atoms with Gasteiger partial charge in [-0.15, -0.1) is 0 Å². The number of hydrogen-bond donors (Lipinski definition) is 1. The van der Waals surface area contributed by atoms with E-state index in [2.05, 4.69) is 5.32 Å². The van der Waals surface area contributed by atoms with E-state index in [0.717, 1.165) is 5.56 Å². The number of rotatable bonds is 4. The summed E-state index contributed by atoms with van der Waals surface area (Å²) >= 11 is 12.4. The summed E-state index contributed by atoms with van der Waals surface area (Å²) in [6.45, 7) is 0.188. The predicted octanol–water partition coefficient (Wildman–Crippen LogP) is 6.57. The lowest BCUT2D eigenvalue weighted by atomic mass is 10.1. The minimum absolute atomic E-state index is 0.188. The van der Waals surface area contributed by atoms with Gasteiger partial charge in [0.2, 0.25) is 0 Å². The molecule has 2 amide bonds. The number of halogens is 2. The van der Waals surface area contributed by atoms with Gasteiger partial charge in [-0.3, -0.25) is 9.59 Å². The van der Waals surface area contributed by atoms with E-state index in [0.29, 0.717) is 42.3 Å². The number of carbonyl (C=O) groups is 2. The Morgan fingerprint density at radius 3 is 2.43 bits per heavy atom. The first-order valence-electron chi connectivity index (χ1n) is 10.7. The van der Waals surface area contributed by atoms with Crippen LogP contribution in [0.1, 0.15) is 26.3 Å². The molecule has 0 radical (unpaired) electrons. The summed E-state index contributed by atoms with van der Waals surface area (Å²) in [4.78, 5) is 29.2. The third-order valence-corrected chi connectivity index (χ3v) is 7.69. The smallest absolute Gasteiger partial charge is 0.259 e. The van der Waals surface area contributed by atoms with E-state index in [4.69, 9.17) is 23.2 Å². The van der Waals surface area contributed by atoms with Crippen molar-refractivity contribution in [2.24, 2.45) is 0 Å². The zero-order valence-corrected chi connectivity index (χ0v) is 20.5. The van der Waals surface area contributed by atoms with Crippen LogP contribution < -0.4 is 10.2 Å². The maximum absolute atomic E-state index is 13.7. The SMILES string of the molecule is O=C(Nc1ccccc1Cl)c1ccc2c(c1)N(Cc1cccc(Cl)c1)C(=O)c1ccccc1S2=O. The van der Waals surface area contributed by atoms with Crippen LogP contribution in [0.2, 0.25) is 10.0 Å². The second-order valence-corrected chi connectivity index (χ2v) is 10.2. The lowest BCUT2D eigenvalue weighted by Gasteiger charge is -2.24. The van der Waals surface area contributed by atoms with Gasteiger partial charge in [-0.25, -0.2) is 4.21 Å². The van der Waals surface area contributed by atoms with Gasteiger partial charge in [0.15, 0.2) is 0 Å². The Balaban J connectivity index is 1.61. The molecule has 4 aromatic rings. The van der Waals surface area contributed by atoms with Crippen molar-refractivity contribution in [3.63, 3.8) is 0 Å². The summed E-state index contributed by atoms with van der Waals surface area (Å²) < 4.78 is 13.5. The molecule has 0 aliphatic carbocycles. The minimum atomic E-state index is -1.62. The molecule has 0 spiro atoms. The number of nitrogens with one attached hydrogen (secondary N) is 1. The Kier molecular flexibility index (Phi) is 6.43. The van der Waals surface area contributed by atoms with Crippen LogP contribution in [0.5, 0.6) is 0 Å². The molecule has 0 bridgehead atoms. The fraction of sp³-hybridized carbons (Fsp3) is 0.0370. The van der Waals surface area contributed by atoms with Crippen molar-refractivity contribution in [2.45, 2.75) is 16.3 Å². The van der Waals surface area contributed by atoms with E-state index in [1.807, 2.05) is 6.07 Å². The number of carbonyl (C=O) groups excluding carboxylic acids is 2. The largest absolute Gasteiger partial charge is 0.321 e. The molecule has 1 heterocycles. The first-order chi connectivity index (χ1) is 16.9. The number of amides is 2. The van der Waals surface area contributed by atoms with Crippen LogP contribution in [0, 0.1) is 0 Å². The summed E-state index contributed by atoms with van der Waals surface area (Å²) in [6, 6.07) is 25.8. The van der Waals surface area contributed by atoms with Crippen molar-refractivity contribution in [1.82, 2.24) is 0 Å². The van der Waals surface area contributed by atoms with Gasteiger partial charge in [0.25, 0.3) is 11.8 Å². The molecule has 1 aliphatic heterocycles. The maximum atomic E-state index is 13.7. The average molecular weight is 521 g/mol. The fourth-order valence-corrected chi connectivity index (χ4v) is 5.68. The van der Waals surface area contributed by atoms with E-state index in [-0.39, 0.29) is 12.5 Å². The van der Waals surface area contributed by atoms with Crippen LogP contribution in [0.4, 0.5) is 11.4 Å². The summed E-state index contributed by atoms with van der Waals surface area (Å²) in [6.07, 6.45) is 0. The number of nitrogens with zero attached hydrogens (tertiary/aromatic N) is 1. The van der Waals surface area contributed by atoms with Crippen molar-refractivity contribution >= 4 is 57.2 Å². The van der Waals surface area contributed by atoms with Gasteiger partial charge in [-0.05, 0) is 60.2 Å². The highest BCUT2D eigenvalue weighted by atomic mass is 35.5. The van der Waals surface area contributed by atoms with Crippen molar-refractivity contribution in [1.29, 1.82) is 0 Å². The van der Waals surface area contributed by atoms with Gasteiger partial charge in [0, 0.05) is 10.6 Å². The predicted molar refractivity (Wildman–Crippen MR) is 139 cm³/mol. The summed E-state index contributed by atoms with van der Waals surface area (Å²) in [5, 5.41) is 3.74. The highest BCUT2D eigenvalue weighted by Crippen LogP contribution is 2.36. The number of anilines is 2. The lowest BCUT2D eigenvalue weighted by Crippen LogP contribution is -2.30. The summed E-state index contributed by atoms with van der Waals surface area (Å²) in [7, 11) is -1.62. The molecule has 8 heteroatoms. The van der Waals surface area contributed by atoms with E-state index < -0.39 is 16.7 Å². The highest BCUT2D eigenvalue weighted by molar-refractivity contribution is 7.85. The molecule has 0 saturated carbocycles. The van der Waals surface area contributed by atoms with Crippen molar-refractivity contribution in [3.8, 4) is 0 Å². The third kappa shape index (κ3) is 4.60. The molecule has 5 nitrogen and oxygen atoms in total. The first kappa shape index (κ1) is 23.3. The zero-order valence-electron chi connectivity index (χ0n) is 18.2. The third-order valence-electron chi connectivity index (χ3n) is 5.63. The molecular formula is C27H18Cl2N2O3S. The summed E-state index contributed by atoms with van der Waals surface area (Å²) in [5.74, 6) is -0.708. The molecule has 5 rings (SSSR count). The Morgan fingerprint density at radius 1 is 0.857 bits per heavy atom. The minimum Gasteiger partial charge on any atom is -0.321 e. The molecular weight excluding hydrogens is 503 g/mol. The summed E-state index contributed by atoms with van der Waals surface area (Å²) in [5.41, 5.74) is 2.32. The normalized spacial score (nSPS) is 14.6. The number of fused-ring (bicyclic) bond motifs is 2. The van der Waals surface area contributed by atoms with Gasteiger partial charge in [0.05, 0.1) is 49.1 Å². The van der Waals surface area contributed by atoms with Crippen molar-refractivity contribution < 1.29 is 13.8 Å². The molecule has 1 N–H and O–H groups in total. The topological polar surface area (TPSA) is 66.5 Å². The van der Waals surface area contributed by atoms with Gasteiger partial charge < -0.3 is 10.2 Å². The van der Waals surface area contributed by atoms with E-state index in [9.17, 15) is 13.8 Å². The fourth-order valence-electron chi connectivity index (χ4n) is 3.94. The number of para-hydroxylation sites is 1. The molecule has 35 heavy (non-hydrogen) atoms. The average Bonchev–Trinajstić information content (AvgIpc) is 2.95. The zero-order chi connectivity index (χ0) is 24.5. The quantitative estimate of drug-likeness (QED) is 0.330. The lowest BCUT2D eigenvalue weighted by molar-refractivity contribution is 0.0979. The first-order valence-corrected chi connectivity index (χ1v) is 12.6. The molecule has 174 valence electrons. The van der Waals surface area contributed by atoms with Crippen LogP contribution in [0.3, 0.4) is 0 Å². The van der Waals surface area contributed by atoms with Gasteiger partial charge >= 0.3 is 0 Å². The Morgan fingerprint density at radius 2 is 1.63 bits per heavy atom. The molecule has 1 atom stereocenters. The van der Waals surface area contributed by atoms with Crippen LogP contribution in [0.25, 0.3) is 0 Å². The van der Waals surface area contributed by atoms with E-state index >= 15 is 0 Å². The van der Waals surface area contributed by atoms with E-state index in [1.165, 1.54) is 4.90 Å². The maximum Gasteiger partial charge on any atom is 0.259 e. The second kappa shape index (κ2) is 9.66. The number of benzene rings is 4. The van der Waals surface area contributed by atoms with Crippen LogP contribution >= 0.6 is 23.2 Å². The number of hydrogen-bond acceptors (Lipinski definition) is 3. The monoisotopic (exact) mass is 520 g/mol. The Labute approximate surface area is 214 Å². The molecule has 0 fully saturated rings. The van der Waals surface area contributed by atoms with E-state index in [1.54, 1.807) is 84.9 Å². The van der Waals surface area contributed by atoms with Crippen LogP contribution in [-0.4, -0.2) is 16.0 Å². The molecule has 4 aromatic carbocycles. The Bertz CT molecular complexity index is 1510. The molecule has 1 unspecified atom stereocenters. The standard InChI is InChI=1S/C27H18Cl2N2O3S/c28-19-7-5-6-17(14-19)16-31-23-15-18(26(32)30-22-10-3-2-9-21(22)29)12-13-25(23)35(34)24-11-4-1-8-20(24)27(31)33/h1-15H,16H2,(H,30,32). The molecule has 0 aromatic heterocycles. The van der Waals surface area contributed by atoms with Crippen LogP contribution in [0.15, 0.2) is 101 Å². The van der Waals surface area contributed by atoms with Gasteiger partial charge in [-0.2, -0.15) is 0 Å². The van der Waals surface area contributed by atoms with Crippen molar-refractivity contribution in [3.05, 3.63) is 118 Å². The molecule has 0 saturated heterocycles. The van der Waals surface area contributed by atoms with Gasteiger partial charge in [-0.1, -0.05) is 59.6 Å². The molecule has 1 aliphatic rings. The highest BCUT2D eigenvalue weighted by Gasteiger charge is 2.31. The second-order valence-electron chi connectivity index (χ2n) is 7.90. The van der Waals surface area contributed by atoms with Crippen LogP contribution in [-0.2, 0) is 17.3 Å². The van der Waals surface area contributed by atoms with Crippen molar-refractivity contribution in [2.75, 3.05) is 10.2 Å². The van der Waals surface area contributed by atoms with Gasteiger partial charge in [0.1, 0.15) is 0 Å². The Hall–Kier alpha value is -3.45.